The maximum absolute atomic E-state index is 10.6. The van der Waals surface area contributed by atoms with Crippen LogP contribution in [0.5, 0.6) is 0 Å². The van der Waals surface area contributed by atoms with Crippen molar-refractivity contribution < 1.29 is 9.90 Å². The maximum atomic E-state index is 10.6. The van der Waals surface area contributed by atoms with Crippen LogP contribution in [0.2, 0.25) is 0 Å². The van der Waals surface area contributed by atoms with E-state index in [1.807, 2.05) is 16.9 Å². The van der Waals surface area contributed by atoms with E-state index in [9.17, 15) is 9.90 Å². The second kappa shape index (κ2) is 5.02. The number of hydrogen-bond acceptors (Lipinski definition) is 3. The Balaban J connectivity index is 2.37. The van der Waals surface area contributed by atoms with Gasteiger partial charge >= 0.3 is 0 Å². The summed E-state index contributed by atoms with van der Waals surface area (Å²) in [5, 5.41) is 9.76. The fraction of sp³-hybridized carbons (Fsp3) is 0.462. The highest BCUT2D eigenvalue weighted by molar-refractivity contribution is 6.64. The lowest BCUT2D eigenvalue weighted by Crippen LogP contribution is -2.38. The predicted molar refractivity (Wildman–Crippen MR) is 68.4 cm³/mol. The minimum Gasteiger partial charge on any atom is -0.389 e. The van der Waals surface area contributed by atoms with Crippen LogP contribution in [0.3, 0.4) is 0 Å². The average Bonchev–Trinajstić information content (AvgIpc) is 2.32. The fourth-order valence-electron chi connectivity index (χ4n) is 2.59. The van der Waals surface area contributed by atoms with Crippen molar-refractivity contribution in [1.82, 2.24) is 4.81 Å². The first-order valence-electron chi connectivity index (χ1n) is 5.99. The van der Waals surface area contributed by atoms with Gasteiger partial charge in [0.15, 0.2) is 0 Å². The number of hydrogen-bond donors (Lipinski definition) is 1. The van der Waals surface area contributed by atoms with Gasteiger partial charge in [-0.2, -0.15) is 0 Å². The number of carbonyl (C=O) groups is 1. The molecule has 0 amide bonds. The normalized spacial score (nSPS) is 21.7. The lowest BCUT2D eigenvalue weighted by molar-refractivity contribution is 0.196. The summed E-state index contributed by atoms with van der Waals surface area (Å²) < 4.78 is 0. The Hall–Kier alpha value is -1.13. The maximum Gasteiger partial charge on any atom is 0.293 e. The summed E-state index contributed by atoms with van der Waals surface area (Å²) in [6.07, 6.45) is 1.28. The van der Waals surface area contributed by atoms with E-state index < -0.39 is 6.10 Å². The molecule has 1 aliphatic rings. The lowest BCUT2D eigenvalue weighted by atomic mass is 9.82. The Labute approximate surface area is 103 Å². The van der Waals surface area contributed by atoms with Gasteiger partial charge in [-0.1, -0.05) is 18.2 Å². The monoisotopic (exact) mass is 230 g/mol. The van der Waals surface area contributed by atoms with Crippen molar-refractivity contribution in [2.24, 2.45) is 0 Å². The molecule has 0 saturated heterocycles. The van der Waals surface area contributed by atoms with Gasteiger partial charge < -0.3 is 14.7 Å². The smallest absolute Gasteiger partial charge is 0.293 e. The van der Waals surface area contributed by atoms with Gasteiger partial charge in [0.1, 0.15) is 0 Å². The van der Waals surface area contributed by atoms with Crippen LogP contribution >= 0.6 is 0 Å². The van der Waals surface area contributed by atoms with E-state index >= 15 is 0 Å². The Morgan fingerprint density at radius 2 is 2.35 bits per heavy atom. The number of nitrogens with zero attached hydrogens (tertiary/aromatic N) is 1. The minimum absolute atomic E-state index is 0.197. The molecular formula is C13H17BNO2. The van der Waals surface area contributed by atoms with Crippen molar-refractivity contribution in [3.8, 4) is 0 Å². The summed E-state index contributed by atoms with van der Waals surface area (Å²) in [4.78, 5) is 12.6. The first-order chi connectivity index (χ1) is 8.15. The van der Waals surface area contributed by atoms with Crippen molar-refractivity contribution in [2.45, 2.75) is 32.4 Å². The van der Waals surface area contributed by atoms with Crippen LogP contribution in [0, 0.1) is 0 Å². The molecule has 89 valence electrons. The summed E-state index contributed by atoms with van der Waals surface area (Å²) in [6, 6.07) is 6.23. The summed E-state index contributed by atoms with van der Waals surface area (Å²) in [5.41, 5.74) is 3.47. The van der Waals surface area contributed by atoms with Crippen molar-refractivity contribution >= 4 is 13.6 Å². The van der Waals surface area contributed by atoms with Gasteiger partial charge in [0, 0.05) is 6.04 Å². The second-order valence-electron chi connectivity index (χ2n) is 4.54. The zero-order chi connectivity index (χ0) is 12.4. The Morgan fingerprint density at radius 3 is 3.00 bits per heavy atom. The van der Waals surface area contributed by atoms with Crippen LogP contribution < -0.4 is 0 Å². The van der Waals surface area contributed by atoms with Crippen LogP contribution in [0.1, 0.15) is 42.7 Å². The molecule has 3 nitrogen and oxygen atoms in total. The Bertz CT molecular complexity index is 420. The van der Waals surface area contributed by atoms with Gasteiger partial charge in [-0.05, 0) is 43.5 Å². The molecular weight excluding hydrogens is 213 g/mol. The standard InChI is InChI=1S/C13H17BNO2/c1-9-11-4-3-5-12(10(2)17)13(11)6-7-15(9)14-8-16/h3-5,8-10,17H,6-7H2,1-2H3/t9-,10?/m0/s1. The molecule has 0 aromatic heterocycles. The first-order valence-corrected chi connectivity index (χ1v) is 5.99. The zero-order valence-electron chi connectivity index (χ0n) is 10.3. The molecule has 17 heavy (non-hydrogen) atoms. The van der Waals surface area contributed by atoms with Crippen LogP contribution in [0.15, 0.2) is 18.2 Å². The molecule has 1 aromatic rings. The number of aliphatic hydroxyl groups excluding tert-OH is 1. The molecule has 0 saturated carbocycles. The van der Waals surface area contributed by atoms with Gasteiger partial charge in [0.25, 0.3) is 7.41 Å². The van der Waals surface area contributed by atoms with E-state index in [0.717, 1.165) is 24.7 Å². The average molecular weight is 230 g/mol. The molecule has 1 aliphatic heterocycles. The van der Waals surface area contributed by atoms with E-state index in [2.05, 4.69) is 13.0 Å². The molecule has 1 N–H and O–H groups in total. The Kier molecular flexibility index (Phi) is 3.65. The molecule has 1 radical (unpaired) electrons. The quantitative estimate of drug-likeness (QED) is 0.631. The largest absolute Gasteiger partial charge is 0.389 e. The van der Waals surface area contributed by atoms with E-state index in [1.54, 1.807) is 14.3 Å². The van der Waals surface area contributed by atoms with E-state index in [0.29, 0.717) is 0 Å². The first kappa shape index (κ1) is 12.3. The van der Waals surface area contributed by atoms with Gasteiger partial charge in [-0.3, -0.25) is 0 Å². The third kappa shape index (κ3) is 2.28. The van der Waals surface area contributed by atoms with Crippen molar-refractivity contribution in [3.05, 3.63) is 34.9 Å². The van der Waals surface area contributed by atoms with Crippen LogP contribution in [0.4, 0.5) is 0 Å². The van der Waals surface area contributed by atoms with Gasteiger partial charge in [0.05, 0.1) is 12.3 Å². The van der Waals surface area contributed by atoms with Gasteiger partial charge in [-0.15, -0.1) is 0 Å². The highest BCUT2D eigenvalue weighted by Crippen LogP contribution is 2.32. The van der Waals surface area contributed by atoms with Gasteiger partial charge in [-0.25, -0.2) is 0 Å². The highest BCUT2D eigenvalue weighted by atomic mass is 16.3. The molecule has 2 rings (SSSR count). The third-order valence-electron chi connectivity index (χ3n) is 3.52. The van der Waals surface area contributed by atoms with Crippen molar-refractivity contribution in [3.63, 3.8) is 0 Å². The fourth-order valence-corrected chi connectivity index (χ4v) is 2.59. The lowest BCUT2D eigenvalue weighted by Gasteiger charge is -2.35. The minimum atomic E-state index is -0.432. The molecule has 2 atom stereocenters. The van der Waals surface area contributed by atoms with Crippen LogP contribution in [0.25, 0.3) is 0 Å². The second-order valence-corrected chi connectivity index (χ2v) is 4.54. The Morgan fingerprint density at radius 1 is 1.59 bits per heavy atom. The summed E-state index contributed by atoms with van der Waals surface area (Å²) >= 11 is 0. The molecule has 1 heterocycles. The molecule has 0 fully saturated rings. The van der Waals surface area contributed by atoms with E-state index in [4.69, 9.17) is 0 Å². The van der Waals surface area contributed by atoms with Crippen molar-refractivity contribution in [1.29, 1.82) is 0 Å². The van der Waals surface area contributed by atoms with E-state index in [1.165, 1.54) is 11.1 Å². The summed E-state index contributed by atoms with van der Waals surface area (Å²) in [5.74, 6) is 0. The van der Waals surface area contributed by atoms with Crippen LogP contribution in [-0.2, 0) is 11.2 Å². The van der Waals surface area contributed by atoms with Gasteiger partial charge in [0.2, 0.25) is 0 Å². The van der Waals surface area contributed by atoms with Crippen molar-refractivity contribution in [2.75, 3.05) is 6.54 Å². The zero-order valence-corrected chi connectivity index (χ0v) is 10.3. The van der Waals surface area contributed by atoms with Crippen LogP contribution in [-0.4, -0.2) is 30.1 Å². The molecule has 0 aliphatic carbocycles. The number of rotatable bonds is 3. The topological polar surface area (TPSA) is 40.5 Å². The number of carbonyl (C=O) groups excluding carboxylic acids is 1. The predicted octanol–water partition coefficient (Wildman–Crippen LogP) is 1.47. The SMILES string of the molecule is CC(O)c1cccc2c1CCN([B]C=O)[C@H]2C. The third-order valence-corrected chi connectivity index (χ3v) is 3.52. The number of fused-ring (bicyclic) bond motifs is 1. The summed E-state index contributed by atoms with van der Waals surface area (Å²) in [6.45, 7) is 4.71. The number of aliphatic hydroxyl groups is 1. The number of benzene rings is 1. The molecule has 1 aromatic carbocycles. The molecule has 0 spiro atoms. The molecule has 4 heteroatoms. The molecule has 0 bridgehead atoms. The van der Waals surface area contributed by atoms with E-state index in [-0.39, 0.29) is 6.04 Å². The summed E-state index contributed by atoms with van der Waals surface area (Å²) in [7, 11) is 1.60. The molecule has 1 unspecified atom stereocenters. The highest BCUT2D eigenvalue weighted by Gasteiger charge is 2.25.